The van der Waals surface area contributed by atoms with Crippen molar-refractivity contribution >= 4 is 34.9 Å². The van der Waals surface area contributed by atoms with Gasteiger partial charge in [0.25, 0.3) is 0 Å². The fraction of sp³-hybridized carbons (Fsp3) is 0.222. The second kappa shape index (κ2) is 9.92. The van der Waals surface area contributed by atoms with Crippen molar-refractivity contribution in [2.45, 2.75) is 37.6 Å². The quantitative estimate of drug-likeness (QED) is 0.339. The number of nitro groups is 1. The summed E-state index contributed by atoms with van der Waals surface area (Å²) < 4.78 is 19.0. The standard InChI is InChI=1S/C27H22FN3O7/c28-17-7-5-15(6-8-17)16-13-19-26(21(32)14-16)27(22-9-11-24(38-22)31(36)37)30(23(33)10-12-25(34)35)20-4-2-1-3-18(20)29-19/h1-9,11,16,27,29H,10,12-14H2,(H,34,35)/t16-,27-/m1/s1. The van der Waals surface area contributed by atoms with Gasteiger partial charge in [0.05, 0.1) is 23.9 Å². The normalized spacial score (nSPS) is 18.8. The van der Waals surface area contributed by atoms with E-state index in [4.69, 9.17) is 4.42 Å². The molecular formula is C27H22FN3O7. The van der Waals surface area contributed by atoms with Gasteiger partial charge in [-0.15, -0.1) is 0 Å². The highest BCUT2D eigenvalue weighted by Crippen LogP contribution is 2.48. The summed E-state index contributed by atoms with van der Waals surface area (Å²) in [5.74, 6) is -3.30. The van der Waals surface area contributed by atoms with E-state index in [9.17, 15) is 34.0 Å². The number of benzene rings is 2. The molecule has 0 saturated carbocycles. The Bertz CT molecular complexity index is 1480. The van der Waals surface area contributed by atoms with E-state index in [0.717, 1.165) is 11.6 Å². The molecule has 0 bridgehead atoms. The number of ketones is 1. The van der Waals surface area contributed by atoms with Crippen molar-refractivity contribution < 1.29 is 33.2 Å². The fourth-order valence-electron chi connectivity index (χ4n) is 5.03. The van der Waals surface area contributed by atoms with E-state index in [1.165, 1.54) is 23.1 Å². The number of furan rings is 1. The second-order valence-electron chi connectivity index (χ2n) is 9.11. The molecule has 1 aliphatic carbocycles. The maximum atomic E-state index is 13.8. The van der Waals surface area contributed by atoms with Crippen LogP contribution in [0.1, 0.15) is 49.0 Å². The minimum Gasteiger partial charge on any atom is -0.481 e. The van der Waals surface area contributed by atoms with Gasteiger partial charge in [-0.3, -0.25) is 29.4 Å². The Morgan fingerprint density at radius 2 is 1.82 bits per heavy atom. The largest absolute Gasteiger partial charge is 0.481 e. The summed E-state index contributed by atoms with van der Waals surface area (Å²) in [4.78, 5) is 50.5. The Kier molecular flexibility index (Phi) is 6.50. The van der Waals surface area contributed by atoms with E-state index < -0.39 is 41.0 Å². The van der Waals surface area contributed by atoms with E-state index in [1.54, 1.807) is 36.4 Å². The summed E-state index contributed by atoms with van der Waals surface area (Å²) >= 11 is 0. The first-order valence-corrected chi connectivity index (χ1v) is 11.9. The molecule has 2 N–H and O–H groups in total. The average Bonchev–Trinajstić information content (AvgIpc) is 3.32. The van der Waals surface area contributed by atoms with Crippen LogP contribution in [0.5, 0.6) is 0 Å². The third kappa shape index (κ3) is 4.65. The number of amides is 1. The Labute approximate surface area is 215 Å². The molecule has 5 rings (SSSR count). The number of hydrogen-bond donors (Lipinski definition) is 2. The number of carboxylic acid groups (broad SMARTS) is 1. The van der Waals surface area contributed by atoms with Gasteiger partial charge in [0.2, 0.25) is 5.91 Å². The molecule has 0 unspecified atom stereocenters. The van der Waals surface area contributed by atoms with Crippen LogP contribution in [-0.2, 0) is 14.4 Å². The lowest BCUT2D eigenvalue weighted by Crippen LogP contribution is -2.38. The molecule has 0 radical (unpaired) electrons. The van der Waals surface area contributed by atoms with Crippen molar-refractivity contribution in [3.8, 4) is 0 Å². The van der Waals surface area contributed by atoms with E-state index in [0.29, 0.717) is 23.5 Å². The van der Waals surface area contributed by atoms with E-state index in [-0.39, 0.29) is 35.9 Å². The summed E-state index contributed by atoms with van der Waals surface area (Å²) in [7, 11) is 0. The number of carbonyl (C=O) groups excluding carboxylic acids is 2. The third-order valence-corrected chi connectivity index (χ3v) is 6.71. The van der Waals surface area contributed by atoms with E-state index >= 15 is 0 Å². The number of hydrogen-bond acceptors (Lipinski definition) is 7. The Hall–Kier alpha value is -4.80. The molecule has 1 amide bonds. The molecule has 38 heavy (non-hydrogen) atoms. The predicted molar refractivity (Wildman–Crippen MR) is 133 cm³/mol. The van der Waals surface area contributed by atoms with E-state index in [2.05, 4.69) is 5.32 Å². The zero-order valence-electron chi connectivity index (χ0n) is 19.9. The number of aliphatic carboxylic acids is 1. The summed E-state index contributed by atoms with van der Waals surface area (Å²) in [6, 6.07) is 14.0. The molecule has 1 aliphatic heterocycles. The molecule has 0 spiro atoms. The molecule has 1 aromatic heterocycles. The number of para-hydroxylation sites is 2. The maximum Gasteiger partial charge on any atom is 0.433 e. The van der Waals surface area contributed by atoms with Gasteiger partial charge in [0.15, 0.2) is 5.78 Å². The highest BCUT2D eigenvalue weighted by atomic mass is 19.1. The molecule has 2 heterocycles. The molecule has 194 valence electrons. The zero-order valence-corrected chi connectivity index (χ0v) is 19.9. The van der Waals surface area contributed by atoms with Crippen LogP contribution in [0.15, 0.2) is 76.4 Å². The molecule has 2 aliphatic rings. The van der Waals surface area contributed by atoms with Crippen LogP contribution >= 0.6 is 0 Å². The number of nitrogens with zero attached hydrogens (tertiary/aromatic N) is 2. The zero-order chi connectivity index (χ0) is 27.0. The molecule has 2 aromatic carbocycles. The smallest absolute Gasteiger partial charge is 0.433 e. The topological polar surface area (TPSA) is 143 Å². The van der Waals surface area contributed by atoms with Crippen LogP contribution in [0.3, 0.4) is 0 Å². The van der Waals surface area contributed by atoms with Crippen molar-refractivity contribution in [2.24, 2.45) is 0 Å². The Balaban J connectivity index is 1.68. The molecule has 10 nitrogen and oxygen atoms in total. The lowest BCUT2D eigenvalue weighted by Gasteiger charge is -2.33. The first-order valence-electron chi connectivity index (χ1n) is 11.9. The van der Waals surface area contributed by atoms with Gasteiger partial charge >= 0.3 is 11.9 Å². The number of Topliss-reactive ketones (excluding diaryl/α,β-unsaturated/α-hetero) is 1. The molecule has 11 heteroatoms. The number of nitrogens with one attached hydrogen (secondary N) is 1. The van der Waals surface area contributed by atoms with E-state index in [1.807, 2.05) is 0 Å². The number of carboxylic acids is 1. The summed E-state index contributed by atoms with van der Waals surface area (Å²) in [5, 5.41) is 23.8. The lowest BCUT2D eigenvalue weighted by molar-refractivity contribution is -0.402. The van der Waals surface area contributed by atoms with Gasteiger partial charge in [-0.1, -0.05) is 24.3 Å². The minimum atomic E-state index is -1.17. The number of fused-ring (bicyclic) bond motifs is 1. The second-order valence-corrected chi connectivity index (χ2v) is 9.11. The van der Waals surface area contributed by atoms with Gasteiger partial charge in [0.1, 0.15) is 22.5 Å². The van der Waals surface area contributed by atoms with Crippen LogP contribution in [-0.4, -0.2) is 27.7 Å². The van der Waals surface area contributed by atoms with Crippen molar-refractivity contribution in [1.82, 2.24) is 0 Å². The highest BCUT2D eigenvalue weighted by Gasteiger charge is 2.43. The summed E-state index contributed by atoms with van der Waals surface area (Å²) in [6.07, 6.45) is -0.406. The van der Waals surface area contributed by atoms with Gasteiger partial charge in [-0.2, -0.15) is 0 Å². The van der Waals surface area contributed by atoms with Gasteiger partial charge in [-0.25, -0.2) is 4.39 Å². The average molecular weight is 519 g/mol. The van der Waals surface area contributed by atoms with Crippen molar-refractivity contribution in [1.29, 1.82) is 0 Å². The number of halogens is 1. The van der Waals surface area contributed by atoms with Crippen LogP contribution in [0.25, 0.3) is 0 Å². The molecule has 3 aromatic rings. The van der Waals surface area contributed by atoms with Crippen molar-refractivity contribution in [3.05, 3.63) is 99.2 Å². The van der Waals surface area contributed by atoms with Gasteiger partial charge in [0, 0.05) is 24.1 Å². The summed E-state index contributed by atoms with van der Waals surface area (Å²) in [6.45, 7) is 0. The predicted octanol–water partition coefficient (Wildman–Crippen LogP) is 5.09. The first kappa shape index (κ1) is 24.9. The van der Waals surface area contributed by atoms with Crippen molar-refractivity contribution in [2.75, 3.05) is 10.2 Å². The van der Waals surface area contributed by atoms with Gasteiger partial charge in [-0.05, 0) is 48.2 Å². The summed E-state index contributed by atoms with van der Waals surface area (Å²) in [5.41, 5.74) is 2.34. The highest BCUT2D eigenvalue weighted by molar-refractivity contribution is 6.06. The molecule has 0 saturated heterocycles. The first-order chi connectivity index (χ1) is 18.2. The van der Waals surface area contributed by atoms with Crippen LogP contribution in [0, 0.1) is 15.9 Å². The molecular weight excluding hydrogens is 497 g/mol. The molecule has 0 fully saturated rings. The lowest BCUT2D eigenvalue weighted by atomic mass is 9.79. The van der Waals surface area contributed by atoms with Crippen LogP contribution < -0.4 is 10.2 Å². The Morgan fingerprint density at radius 3 is 2.50 bits per heavy atom. The van der Waals surface area contributed by atoms with Crippen molar-refractivity contribution in [3.63, 3.8) is 0 Å². The Morgan fingerprint density at radius 1 is 1.08 bits per heavy atom. The molecule has 2 atom stereocenters. The number of allylic oxidation sites excluding steroid dienone is 1. The number of rotatable bonds is 6. The third-order valence-electron chi connectivity index (χ3n) is 6.71. The monoisotopic (exact) mass is 519 g/mol. The minimum absolute atomic E-state index is 0.0000368. The van der Waals surface area contributed by atoms with Crippen LogP contribution in [0.2, 0.25) is 0 Å². The SMILES string of the molecule is O=C(O)CCC(=O)N1c2ccccc2NC2=C(C(=O)C[C@H](c3ccc(F)cc3)C2)[C@H]1c1ccc([N+](=O)[O-])o1. The number of carbonyl (C=O) groups is 3. The number of anilines is 2. The fourth-order valence-corrected chi connectivity index (χ4v) is 5.03. The maximum absolute atomic E-state index is 13.8. The van der Waals surface area contributed by atoms with Crippen LogP contribution in [0.4, 0.5) is 21.6 Å². The van der Waals surface area contributed by atoms with Gasteiger partial charge < -0.3 is 14.8 Å².